The monoisotopic (exact) mass is 315 g/mol. The molecular formula is C18H18FNO3. The molecule has 0 fully saturated rings. The number of halogens is 1. The van der Waals surface area contributed by atoms with E-state index in [0.717, 1.165) is 17.5 Å². The Balaban J connectivity index is 1.95. The summed E-state index contributed by atoms with van der Waals surface area (Å²) >= 11 is 0. The molecule has 1 heterocycles. The van der Waals surface area contributed by atoms with Gasteiger partial charge in [0.2, 0.25) is 5.78 Å². The molecule has 120 valence electrons. The van der Waals surface area contributed by atoms with Gasteiger partial charge < -0.3 is 9.30 Å². The van der Waals surface area contributed by atoms with E-state index in [1.807, 2.05) is 25.5 Å². The van der Waals surface area contributed by atoms with Gasteiger partial charge in [-0.15, -0.1) is 0 Å². The van der Waals surface area contributed by atoms with Crippen molar-refractivity contribution in [2.75, 3.05) is 6.61 Å². The molecule has 2 rings (SSSR count). The molecule has 0 aliphatic heterocycles. The van der Waals surface area contributed by atoms with Gasteiger partial charge in [0.25, 0.3) is 0 Å². The van der Waals surface area contributed by atoms with Crippen LogP contribution in [0.25, 0.3) is 6.08 Å². The number of ether oxygens (including phenoxy) is 1. The number of carbonyl (C=O) groups is 2. The number of rotatable bonds is 5. The number of aromatic nitrogens is 1. The number of ketones is 1. The molecule has 1 aromatic carbocycles. The highest BCUT2D eigenvalue weighted by Gasteiger charge is 2.15. The molecule has 2 aromatic rings. The Morgan fingerprint density at radius 2 is 1.96 bits per heavy atom. The van der Waals surface area contributed by atoms with E-state index in [-0.39, 0.29) is 18.0 Å². The average molecular weight is 315 g/mol. The van der Waals surface area contributed by atoms with Gasteiger partial charge in [-0.1, -0.05) is 18.2 Å². The summed E-state index contributed by atoms with van der Waals surface area (Å²) < 4.78 is 20.2. The number of esters is 1. The van der Waals surface area contributed by atoms with Gasteiger partial charge >= 0.3 is 5.97 Å². The minimum Gasteiger partial charge on any atom is -0.454 e. The second kappa shape index (κ2) is 7.05. The molecule has 5 heteroatoms. The molecule has 23 heavy (non-hydrogen) atoms. The Hall–Kier alpha value is -2.69. The van der Waals surface area contributed by atoms with E-state index < -0.39 is 11.8 Å². The van der Waals surface area contributed by atoms with Gasteiger partial charge in [0.1, 0.15) is 5.82 Å². The lowest BCUT2D eigenvalue weighted by Gasteiger charge is -2.03. The average Bonchev–Trinajstić information content (AvgIpc) is 2.79. The fraction of sp³-hybridized carbons (Fsp3) is 0.222. The van der Waals surface area contributed by atoms with E-state index in [0.29, 0.717) is 5.56 Å². The Kier molecular flexibility index (Phi) is 5.11. The third-order valence-electron chi connectivity index (χ3n) is 3.73. The molecule has 1 aromatic heterocycles. The van der Waals surface area contributed by atoms with Crippen LogP contribution in [0.3, 0.4) is 0 Å². The summed E-state index contributed by atoms with van der Waals surface area (Å²) in [6.07, 6.45) is 2.43. The number of aryl methyl sites for hydroxylation is 1. The van der Waals surface area contributed by atoms with Gasteiger partial charge in [-0.3, -0.25) is 4.79 Å². The minimum absolute atomic E-state index is 0.265. The Morgan fingerprint density at radius 1 is 1.26 bits per heavy atom. The maximum Gasteiger partial charge on any atom is 0.331 e. The summed E-state index contributed by atoms with van der Waals surface area (Å²) in [6, 6.07) is 7.84. The fourth-order valence-electron chi connectivity index (χ4n) is 2.17. The molecule has 0 saturated carbocycles. The number of benzene rings is 1. The van der Waals surface area contributed by atoms with Crippen molar-refractivity contribution in [2.45, 2.75) is 13.8 Å². The topological polar surface area (TPSA) is 48.3 Å². The highest BCUT2D eigenvalue weighted by atomic mass is 19.1. The van der Waals surface area contributed by atoms with Crippen molar-refractivity contribution in [3.05, 3.63) is 64.7 Å². The van der Waals surface area contributed by atoms with Crippen molar-refractivity contribution in [1.29, 1.82) is 0 Å². The quantitative estimate of drug-likeness (QED) is 0.483. The first-order valence-electron chi connectivity index (χ1n) is 7.15. The van der Waals surface area contributed by atoms with Crippen LogP contribution in [0.15, 0.2) is 36.4 Å². The summed E-state index contributed by atoms with van der Waals surface area (Å²) in [5, 5.41) is 0. The van der Waals surface area contributed by atoms with Crippen LogP contribution in [0.5, 0.6) is 0 Å². The second-order valence-electron chi connectivity index (χ2n) is 5.23. The van der Waals surface area contributed by atoms with Crippen LogP contribution in [0.2, 0.25) is 0 Å². The van der Waals surface area contributed by atoms with Crippen LogP contribution in [0.4, 0.5) is 4.39 Å². The van der Waals surface area contributed by atoms with Crippen molar-refractivity contribution >= 4 is 17.8 Å². The first-order valence-corrected chi connectivity index (χ1v) is 7.15. The number of carbonyl (C=O) groups excluding carboxylic acids is 2. The summed E-state index contributed by atoms with van der Waals surface area (Å²) in [7, 11) is 1.87. The van der Waals surface area contributed by atoms with Gasteiger partial charge in [-0.25, -0.2) is 9.18 Å². The molecule has 0 atom stereocenters. The van der Waals surface area contributed by atoms with Gasteiger partial charge in [-0.05, 0) is 32.1 Å². The van der Waals surface area contributed by atoms with Crippen molar-refractivity contribution in [3.63, 3.8) is 0 Å². The number of hydrogen-bond donors (Lipinski definition) is 0. The summed E-state index contributed by atoms with van der Waals surface area (Å²) in [5.74, 6) is -1.38. The lowest BCUT2D eigenvalue weighted by Crippen LogP contribution is -2.13. The van der Waals surface area contributed by atoms with Crippen LogP contribution < -0.4 is 0 Å². The zero-order chi connectivity index (χ0) is 17.0. The standard InChI is InChI=1S/C18H18FNO3/c1-12-10-15(13(2)20(12)3)17(21)11-23-18(22)9-8-14-6-4-5-7-16(14)19/h4-10H,11H2,1-3H3/b9-8+. The van der Waals surface area contributed by atoms with E-state index >= 15 is 0 Å². The summed E-state index contributed by atoms with van der Waals surface area (Å²) in [5.41, 5.74) is 2.60. The van der Waals surface area contributed by atoms with Crippen LogP contribution in [0.1, 0.15) is 27.3 Å². The molecule has 0 unspecified atom stereocenters. The van der Waals surface area contributed by atoms with Crippen molar-refractivity contribution < 1.29 is 18.7 Å². The fourth-order valence-corrected chi connectivity index (χ4v) is 2.17. The van der Waals surface area contributed by atoms with E-state index in [9.17, 15) is 14.0 Å². The largest absolute Gasteiger partial charge is 0.454 e. The molecular weight excluding hydrogens is 297 g/mol. The Bertz CT molecular complexity index is 775. The van der Waals surface area contributed by atoms with Crippen LogP contribution in [-0.4, -0.2) is 22.9 Å². The predicted octanol–water partition coefficient (Wildman–Crippen LogP) is 3.22. The smallest absolute Gasteiger partial charge is 0.331 e. The third-order valence-corrected chi connectivity index (χ3v) is 3.73. The molecule has 4 nitrogen and oxygen atoms in total. The second-order valence-corrected chi connectivity index (χ2v) is 5.23. The Labute approximate surface area is 134 Å². The van der Waals surface area contributed by atoms with Gasteiger partial charge in [0.05, 0.1) is 0 Å². The van der Waals surface area contributed by atoms with Crippen molar-refractivity contribution in [2.24, 2.45) is 7.05 Å². The minimum atomic E-state index is -0.688. The SMILES string of the molecule is Cc1cc(C(=O)COC(=O)/C=C/c2ccccc2F)c(C)n1C. The van der Waals surface area contributed by atoms with Crippen LogP contribution in [-0.2, 0) is 16.6 Å². The van der Waals surface area contributed by atoms with Gasteiger partial charge in [-0.2, -0.15) is 0 Å². The molecule has 0 radical (unpaired) electrons. The normalized spacial score (nSPS) is 11.0. The van der Waals surface area contributed by atoms with Crippen molar-refractivity contribution in [3.8, 4) is 0 Å². The third kappa shape index (κ3) is 3.94. The van der Waals surface area contributed by atoms with E-state index in [1.165, 1.54) is 12.1 Å². The molecule has 0 aliphatic carbocycles. The zero-order valence-corrected chi connectivity index (χ0v) is 13.3. The first-order chi connectivity index (χ1) is 10.9. The summed E-state index contributed by atoms with van der Waals surface area (Å²) in [6.45, 7) is 3.39. The van der Waals surface area contributed by atoms with Gasteiger partial charge in [0.15, 0.2) is 6.61 Å². The predicted molar refractivity (Wildman–Crippen MR) is 85.6 cm³/mol. The highest BCUT2D eigenvalue weighted by molar-refractivity contribution is 6.00. The summed E-state index contributed by atoms with van der Waals surface area (Å²) in [4.78, 5) is 23.7. The Morgan fingerprint density at radius 3 is 2.57 bits per heavy atom. The number of nitrogens with zero attached hydrogens (tertiary/aromatic N) is 1. The molecule has 0 bridgehead atoms. The lowest BCUT2D eigenvalue weighted by molar-refractivity contribution is -0.136. The zero-order valence-electron chi connectivity index (χ0n) is 13.3. The molecule has 0 N–H and O–H groups in total. The highest BCUT2D eigenvalue weighted by Crippen LogP contribution is 2.14. The number of Topliss-reactive ketones (excluding diaryl/α,β-unsaturated/α-hetero) is 1. The maximum atomic E-state index is 13.4. The molecule has 0 aliphatic rings. The molecule has 0 spiro atoms. The van der Waals surface area contributed by atoms with Crippen molar-refractivity contribution in [1.82, 2.24) is 4.57 Å². The maximum absolute atomic E-state index is 13.4. The van der Waals surface area contributed by atoms with Crippen LogP contribution in [0, 0.1) is 19.7 Å². The van der Waals surface area contributed by atoms with Crippen LogP contribution >= 0.6 is 0 Å². The molecule has 0 amide bonds. The first kappa shape index (κ1) is 16.7. The van der Waals surface area contributed by atoms with E-state index in [2.05, 4.69) is 0 Å². The lowest BCUT2D eigenvalue weighted by atomic mass is 10.1. The van der Waals surface area contributed by atoms with E-state index in [1.54, 1.807) is 24.3 Å². The van der Waals surface area contributed by atoms with Gasteiger partial charge in [0, 0.05) is 35.6 Å². The molecule has 0 saturated heterocycles. The van der Waals surface area contributed by atoms with E-state index in [4.69, 9.17) is 4.74 Å². The number of hydrogen-bond acceptors (Lipinski definition) is 3.